The van der Waals surface area contributed by atoms with Crippen molar-refractivity contribution in [3.63, 3.8) is 0 Å². The average molecular weight is 287 g/mol. The van der Waals surface area contributed by atoms with Crippen LogP contribution in [0, 0.1) is 5.92 Å². The molecule has 2 amide bonds. The van der Waals surface area contributed by atoms with E-state index < -0.39 is 0 Å². The van der Waals surface area contributed by atoms with Crippen molar-refractivity contribution in [2.45, 2.75) is 6.42 Å². The van der Waals surface area contributed by atoms with Crippen molar-refractivity contribution >= 4 is 17.5 Å². The Balaban J connectivity index is 2.18. The zero-order chi connectivity index (χ0) is 15.4. The maximum Gasteiger partial charge on any atom is 0.253 e. The van der Waals surface area contributed by atoms with E-state index >= 15 is 0 Å². The van der Waals surface area contributed by atoms with E-state index in [0.717, 1.165) is 0 Å². The zero-order valence-electron chi connectivity index (χ0n) is 12.1. The Bertz CT molecular complexity index is 607. The Morgan fingerprint density at radius 3 is 2.95 bits per heavy atom. The number of hydrogen-bond acceptors (Lipinski definition) is 3. The van der Waals surface area contributed by atoms with Gasteiger partial charge in [-0.15, -0.1) is 0 Å². The fourth-order valence-electron chi connectivity index (χ4n) is 2.37. The van der Waals surface area contributed by atoms with Gasteiger partial charge in [0.2, 0.25) is 5.91 Å². The molecule has 1 heterocycles. The summed E-state index contributed by atoms with van der Waals surface area (Å²) in [5, 5.41) is 3.53. The van der Waals surface area contributed by atoms with E-state index in [0.29, 0.717) is 30.8 Å². The van der Waals surface area contributed by atoms with Gasteiger partial charge in [0.05, 0.1) is 0 Å². The smallest absolute Gasteiger partial charge is 0.253 e. The molecular formula is C14H17N5O2. The summed E-state index contributed by atoms with van der Waals surface area (Å²) >= 11 is 0. The highest BCUT2D eigenvalue weighted by Crippen LogP contribution is 2.26. The minimum Gasteiger partial charge on any atom is -0.345 e. The fourth-order valence-corrected chi connectivity index (χ4v) is 2.37. The molecule has 1 unspecified atom stereocenters. The van der Waals surface area contributed by atoms with Gasteiger partial charge in [0.1, 0.15) is 0 Å². The van der Waals surface area contributed by atoms with Gasteiger partial charge in [-0.2, -0.15) is 0 Å². The molecule has 1 aromatic rings. The lowest BCUT2D eigenvalue weighted by Crippen LogP contribution is -2.26. The van der Waals surface area contributed by atoms with Crippen molar-refractivity contribution in [3.8, 4) is 0 Å². The molecule has 0 saturated carbocycles. The molecular weight excluding hydrogens is 270 g/mol. The maximum atomic E-state index is 12.1. The van der Waals surface area contributed by atoms with Gasteiger partial charge in [0.25, 0.3) is 5.91 Å². The van der Waals surface area contributed by atoms with E-state index in [2.05, 4.69) is 10.0 Å². The zero-order valence-corrected chi connectivity index (χ0v) is 12.1. The fraction of sp³-hybridized carbons (Fsp3) is 0.429. The molecule has 0 aromatic heterocycles. The molecule has 110 valence electrons. The molecule has 1 atom stereocenters. The number of carbonyl (C=O) groups is 2. The first kappa shape index (κ1) is 14.9. The van der Waals surface area contributed by atoms with Crippen LogP contribution in [-0.4, -0.2) is 43.9 Å². The summed E-state index contributed by atoms with van der Waals surface area (Å²) in [4.78, 5) is 29.9. The first-order chi connectivity index (χ1) is 10.0. The van der Waals surface area contributed by atoms with Gasteiger partial charge >= 0.3 is 0 Å². The van der Waals surface area contributed by atoms with Crippen molar-refractivity contribution in [1.29, 1.82) is 0 Å². The van der Waals surface area contributed by atoms with Crippen molar-refractivity contribution in [2.24, 2.45) is 11.0 Å². The highest BCUT2D eigenvalue weighted by atomic mass is 16.2. The summed E-state index contributed by atoms with van der Waals surface area (Å²) < 4.78 is 0. The second-order valence-electron chi connectivity index (χ2n) is 5.24. The Morgan fingerprint density at radius 1 is 1.52 bits per heavy atom. The van der Waals surface area contributed by atoms with Crippen molar-refractivity contribution in [2.75, 3.05) is 32.1 Å². The van der Waals surface area contributed by atoms with E-state index in [1.165, 1.54) is 4.90 Å². The van der Waals surface area contributed by atoms with Crippen molar-refractivity contribution in [1.82, 2.24) is 4.90 Å². The number of benzene rings is 1. The van der Waals surface area contributed by atoms with E-state index in [4.69, 9.17) is 5.53 Å². The second-order valence-corrected chi connectivity index (χ2v) is 5.24. The Morgan fingerprint density at radius 2 is 2.29 bits per heavy atom. The third-order valence-electron chi connectivity index (χ3n) is 3.42. The van der Waals surface area contributed by atoms with Gasteiger partial charge < -0.3 is 9.80 Å². The molecule has 7 heteroatoms. The average Bonchev–Trinajstić information content (AvgIpc) is 2.85. The summed E-state index contributed by atoms with van der Waals surface area (Å²) in [7, 11) is 3.37. The predicted molar refractivity (Wildman–Crippen MR) is 78.9 cm³/mol. The maximum absolute atomic E-state index is 12.1. The van der Waals surface area contributed by atoms with Crippen LogP contribution < -0.4 is 4.90 Å². The van der Waals surface area contributed by atoms with Crippen LogP contribution in [0.1, 0.15) is 16.8 Å². The molecule has 1 aromatic carbocycles. The van der Waals surface area contributed by atoms with Crippen LogP contribution in [-0.2, 0) is 4.79 Å². The largest absolute Gasteiger partial charge is 0.345 e. The van der Waals surface area contributed by atoms with Crippen LogP contribution in [0.5, 0.6) is 0 Å². The first-order valence-corrected chi connectivity index (χ1v) is 6.66. The summed E-state index contributed by atoms with van der Waals surface area (Å²) in [6.07, 6.45) is 0.366. The lowest BCUT2D eigenvalue weighted by atomic mass is 10.1. The first-order valence-electron chi connectivity index (χ1n) is 6.66. The van der Waals surface area contributed by atoms with Crippen LogP contribution in [0.2, 0.25) is 0 Å². The van der Waals surface area contributed by atoms with Crippen molar-refractivity contribution < 1.29 is 9.59 Å². The number of nitrogens with zero attached hydrogens (tertiary/aromatic N) is 5. The Hall–Kier alpha value is -2.53. The molecule has 1 saturated heterocycles. The lowest BCUT2D eigenvalue weighted by Gasteiger charge is -2.18. The molecule has 0 spiro atoms. The third kappa shape index (κ3) is 3.32. The minimum absolute atomic E-state index is 0.0115. The number of rotatable bonds is 4. The molecule has 21 heavy (non-hydrogen) atoms. The molecule has 0 N–H and O–H groups in total. The highest BCUT2D eigenvalue weighted by Gasteiger charge is 2.30. The highest BCUT2D eigenvalue weighted by molar-refractivity contribution is 5.99. The van der Waals surface area contributed by atoms with Gasteiger partial charge in [-0.1, -0.05) is 11.2 Å². The summed E-state index contributed by atoms with van der Waals surface area (Å²) in [6, 6.07) is 7.01. The summed E-state index contributed by atoms with van der Waals surface area (Å²) in [5.41, 5.74) is 9.59. The Kier molecular flexibility index (Phi) is 4.45. The van der Waals surface area contributed by atoms with Crippen molar-refractivity contribution in [3.05, 3.63) is 40.3 Å². The molecule has 0 radical (unpaired) electrons. The molecule has 1 aliphatic heterocycles. The van der Waals surface area contributed by atoms with Crippen LogP contribution in [0.4, 0.5) is 5.69 Å². The van der Waals surface area contributed by atoms with Gasteiger partial charge in [0, 0.05) is 49.8 Å². The number of anilines is 1. The number of hydrogen-bond donors (Lipinski definition) is 0. The standard InChI is InChI=1S/C14H17N5O2/c1-18(2)14(21)11-4-3-5-12(7-11)19-9-10(6-13(19)20)8-16-17-15/h3-5,7,10H,6,8-9H2,1-2H3. The molecule has 1 fully saturated rings. The minimum atomic E-state index is -0.103. The van der Waals surface area contributed by atoms with Gasteiger partial charge in [0.15, 0.2) is 0 Å². The third-order valence-corrected chi connectivity index (χ3v) is 3.42. The van der Waals surface area contributed by atoms with E-state index in [1.807, 2.05) is 0 Å². The predicted octanol–water partition coefficient (Wildman–Crippen LogP) is 2.05. The molecule has 1 aliphatic rings. The van der Waals surface area contributed by atoms with E-state index in [1.54, 1.807) is 43.3 Å². The molecule has 0 bridgehead atoms. The van der Waals surface area contributed by atoms with Crippen LogP contribution in [0.15, 0.2) is 29.4 Å². The Labute approximate surface area is 122 Å². The number of carbonyl (C=O) groups excluding carboxylic acids is 2. The van der Waals surface area contributed by atoms with Crippen LogP contribution in [0.3, 0.4) is 0 Å². The normalized spacial score (nSPS) is 17.5. The van der Waals surface area contributed by atoms with E-state index in [9.17, 15) is 9.59 Å². The summed E-state index contributed by atoms with van der Waals surface area (Å²) in [5.74, 6) is -0.0849. The van der Waals surface area contributed by atoms with Crippen LogP contribution in [0.25, 0.3) is 10.4 Å². The monoisotopic (exact) mass is 287 g/mol. The van der Waals surface area contributed by atoms with Crippen LogP contribution >= 0.6 is 0 Å². The lowest BCUT2D eigenvalue weighted by molar-refractivity contribution is -0.117. The van der Waals surface area contributed by atoms with Gasteiger partial charge in [-0.3, -0.25) is 9.59 Å². The van der Waals surface area contributed by atoms with Gasteiger partial charge in [-0.25, -0.2) is 0 Å². The number of azide groups is 1. The molecule has 0 aliphatic carbocycles. The number of amides is 2. The van der Waals surface area contributed by atoms with Gasteiger partial charge in [-0.05, 0) is 29.6 Å². The second kappa shape index (κ2) is 6.28. The molecule has 2 rings (SSSR count). The quantitative estimate of drug-likeness (QED) is 0.482. The summed E-state index contributed by atoms with van der Waals surface area (Å²) in [6.45, 7) is 0.826. The SMILES string of the molecule is CN(C)C(=O)c1cccc(N2CC(CN=[N+]=[N-])CC2=O)c1. The molecule has 7 nitrogen and oxygen atoms in total. The topological polar surface area (TPSA) is 89.4 Å². The van der Waals surface area contributed by atoms with E-state index in [-0.39, 0.29) is 17.7 Å².